The van der Waals surface area contributed by atoms with Gasteiger partial charge in [0.25, 0.3) is 0 Å². The fourth-order valence-corrected chi connectivity index (χ4v) is 3.49. The van der Waals surface area contributed by atoms with Crippen LogP contribution in [0.4, 0.5) is 10.1 Å². The molecule has 2 aromatic heterocycles. The number of nitriles is 1. The van der Waals surface area contributed by atoms with E-state index in [9.17, 15) is 14.8 Å². The molecule has 0 amide bonds. The first-order chi connectivity index (χ1) is 16.4. The number of aromatic nitrogens is 2. The van der Waals surface area contributed by atoms with Gasteiger partial charge < -0.3 is 20.3 Å². The number of aliphatic hydroxyl groups is 1. The molecule has 0 radical (unpaired) electrons. The number of rotatable bonds is 8. The lowest BCUT2D eigenvalue weighted by atomic mass is 10.0. The number of halogens is 3. The van der Waals surface area contributed by atoms with E-state index >= 15 is 0 Å². The van der Waals surface area contributed by atoms with Crippen LogP contribution in [0.25, 0.3) is 0 Å². The Balaban J connectivity index is 1.88. The monoisotopic (exact) mass is 518 g/mol. The largest absolute Gasteiger partial charge is 0.474 e. The van der Waals surface area contributed by atoms with Gasteiger partial charge in [0.2, 0.25) is 11.8 Å². The van der Waals surface area contributed by atoms with Crippen LogP contribution in [0.1, 0.15) is 42.3 Å². The normalized spacial score (nSPS) is 12.1. The number of anilines is 1. The third-order valence-corrected chi connectivity index (χ3v) is 5.29. The standard InChI is InChI=1S/C23H21Cl2FN6O3/c1-23(2,33)10-34-22-11(7-27)5-12(8-32-22)19(29)14-6-13(3-4-16(14)28)35-21(30)17-15(24)9-31-20(26)18(17)25/h3-6,8-9,21,29,33H,10,28,30H2,1-2H3/t21-/m0/s1. The van der Waals surface area contributed by atoms with Crippen molar-refractivity contribution in [3.63, 3.8) is 0 Å². The maximum atomic E-state index is 13.8. The quantitative estimate of drug-likeness (QED) is 0.150. The van der Waals surface area contributed by atoms with Crippen LogP contribution in [-0.4, -0.2) is 33.0 Å². The minimum atomic E-state index is -1.24. The summed E-state index contributed by atoms with van der Waals surface area (Å²) >= 11 is 12.0. The van der Waals surface area contributed by atoms with Gasteiger partial charge in [-0.15, -0.1) is 0 Å². The molecule has 3 aromatic rings. The number of nitrogens with two attached hydrogens (primary N) is 2. The molecule has 0 unspecified atom stereocenters. The molecule has 2 heterocycles. The predicted molar refractivity (Wildman–Crippen MR) is 129 cm³/mol. The van der Waals surface area contributed by atoms with E-state index in [1.807, 2.05) is 6.07 Å². The van der Waals surface area contributed by atoms with Gasteiger partial charge in [0, 0.05) is 29.2 Å². The van der Waals surface area contributed by atoms with Gasteiger partial charge in [-0.1, -0.05) is 23.2 Å². The Labute approximate surface area is 210 Å². The third-order valence-electron chi connectivity index (χ3n) is 4.63. The molecular formula is C23H21Cl2FN6O3. The fourth-order valence-electron chi connectivity index (χ4n) is 2.93. The second-order valence-electron chi connectivity index (χ2n) is 8.08. The second-order valence-corrected chi connectivity index (χ2v) is 8.86. The molecule has 35 heavy (non-hydrogen) atoms. The number of hydrogen-bond donors (Lipinski definition) is 4. The number of nitrogens with zero attached hydrogens (tertiary/aromatic N) is 3. The average molecular weight is 519 g/mol. The molecule has 12 heteroatoms. The van der Waals surface area contributed by atoms with Crippen LogP contribution in [0.2, 0.25) is 10.0 Å². The van der Waals surface area contributed by atoms with Gasteiger partial charge in [0.1, 0.15) is 29.0 Å². The van der Waals surface area contributed by atoms with E-state index < -0.39 is 17.8 Å². The zero-order chi connectivity index (χ0) is 25.9. The van der Waals surface area contributed by atoms with Crippen molar-refractivity contribution < 1.29 is 19.0 Å². The molecule has 1 aromatic carbocycles. The van der Waals surface area contributed by atoms with Crippen LogP contribution >= 0.6 is 23.2 Å². The summed E-state index contributed by atoms with van der Waals surface area (Å²) < 4.78 is 24.9. The van der Waals surface area contributed by atoms with Crippen molar-refractivity contribution in [3.05, 3.63) is 74.9 Å². The van der Waals surface area contributed by atoms with E-state index in [0.29, 0.717) is 0 Å². The van der Waals surface area contributed by atoms with Crippen molar-refractivity contribution in [1.82, 2.24) is 9.97 Å². The number of ether oxygens (including phenoxy) is 2. The lowest BCUT2D eigenvalue weighted by molar-refractivity contribution is 0.0267. The summed E-state index contributed by atoms with van der Waals surface area (Å²) in [6, 6.07) is 7.86. The predicted octanol–water partition coefficient (Wildman–Crippen LogP) is 3.98. The average Bonchev–Trinajstić information content (AvgIpc) is 2.80. The highest BCUT2D eigenvalue weighted by molar-refractivity contribution is 6.35. The Morgan fingerprint density at radius 2 is 2.00 bits per heavy atom. The highest BCUT2D eigenvalue weighted by atomic mass is 35.5. The lowest BCUT2D eigenvalue weighted by Crippen LogP contribution is -2.28. The smallest absolute Gasteiger partial charge is 0.232 e. The Morgan fingerprint density at radius 3 is 2.66 bits per heavy atom. The van der Waals surface area contributed by atoms with Crippen molar-refractivity contribution in [2.75, 3.05) is 12.3 Å². The Kier molecular flexibility index (Phi) is 7.77. The van der Waals surface area contributed by atoms with Crippen LogP contribution in [-0.2, 0) is 0 Å². The molecule has 0 fully saturated rings. The zero-order valence-corrected chi connectivity index (χ0v) is 20.2. The molecule has 0 aliphatic heterocycles. The van der Waals surface area contributed by atoms with E-state index in [1.54, 1.807) is 13.8 Å². The van der Waals surface area contributed by atoms with Crippen molar-refractivity contribution in [2.45, 2.75) is 25.7 Å². The first kappa shape index (κ1) is 26.1. The summed E-state index contributed by atoms with van der Waals surface area (Å²) in [4.78, 5) is 7.53. The van der Waals surface area contributed by atoms with E-state index in [-0.39, 0.29) is 61.9 Å². The summed E-state index contributed by atoms with van der Waals surface area (Å²) in [7, 11) is 0. The Hall–Kier alpha value is -3.49. The number of benzene rings is 1. The van der Waals surface area contributed by atoms with Gasteiger partial charge >= 0.3 is 0 Å². The number of pyridine rings is 2. The van der Waals surface area contributed by atoms with Crippen LogP contribution in [0.15, 0.2) is 36.7 Å². The van der Waals surface area contributed by atoms with E-state index in [1.165, 1.54) is 30.5 Å². The number of hydrogen-bond acceptors (Lipinski definition) is 9. The molecule has 0 aliphatic rings. The van der Waals surface area contributed by atoms with Crippen molar-refractivity contribution in [1.29, 1.82) is 10.7 Å². The fraction of sp³-hybridized carbons (Fsp3) is 0.217. The van der Waals surface area contributed by atoms with Gasteiger partial charge in [-0.3, -0.25) is 11.1 Å². The summed E-state index contributed by atoms with van der Waals surface area (Å²) in [6.45, 7) is 3.04. The molecular weight excluding hydrogens is 498 g/mol. The van der Waals surface area contributed by atoms with E-state index in [0.717, 1.165) is 6.20 Å². The molecule has 3 rings (SSSR count). The lowest BCUT2D eigenvalue weighted by Gasteiger charge is -2.19. The van der Waals surface area contributed by atoms with Crippen molar-refractivity contribution in [3.8, 4) is 17.7 Å². The molecule has 0 saturated heterocycles. The number of nitrogens with one attached hydrogen (secondary N) is 1. The van der Waals surface area contributed by atoms with Gasteiger partial charge in [-0.2, -0.15) is 9.65 Å². The molecule has 0 bridgehead atoms. The molecule has 6 N–H and O–H groups in total. The summed E-state index contributed by atoms with van der Waals surface area (Å²) in [5.41, 5.74) is 11.8. The highest BCUT2D eigenvalue weighted by Crippen LogP contribution is 2.33. The van der Waals surface area contributed by atoms with Crippen LogP contribution in [0.3, 0.4) is 0 Å². The van der Waals surface area contributed by atoms with Crippen molar-refractivity contribution >= 4 is 34.6 Å². The second kappa shape index (κ2) is 10.4. The summed E-state index contributed by atoms with van der Waals surface area (Å²) in [5.74, 6) is -0.712. The van der Waals surface area contributed by atoms with Gasteiger partial charge in [-0.05, 0) is 38.1 Å². The van der Waals surface area contributed by atoms with Crippen LogP contribution in [0, 0.1) is 22.7 Å². The molecule has 9 nitrogen and oxygen atoms in total. The molecule has 0 spiro atoms. The highest BCUT2D eigenvalue weighted by Gasteiger charge is 2.21. The van der Waals surface area contributed by atoms with Gasteiger partial charge in [0.05, 0.1) is 21.9 Å². The van der Waals surface area contributed by atoms with Crippen molar-refractivity contribution in [2.24, 2.45) is 5.73 Å². The summed E-state index contributed by atoms with van der Waals surface area (Å²) in [6.07, 6.45) is 1.18. The van der Waals surface area contributed by atoms with Gasteiger partial charge in [0.15, 0.2) is 6.23 Å². The minimum Gasteiger partial charge on any atom is -0.474 e. The maximum absolute atomic E-state index is 13.8. The van der Waals surface area contributed by atoms with E-state index in [2.05, 4.69) is 9.97 Å². The molecule has 0 aliphatic carbocycles. The Morgan fingerprint density at radius 1 is 1.29 bits per heavy atom. The first-order valence-corrected chi connectivity index (χ1v) is 10.8. The van der Waals surface area contributed by atoms with Crippen LogP contribution < -0.4 is 20.9 Å². The third kappa shape index (κ3) is 6.15. The van der Waals surface area contributed by atoms with Crippen LogP contribution in [0.5, 0.6) is 11.6 Å². The minimum absolute atomic E-state index is 0.0128. The SMILES string of the molecule is CC(C)(O)COc1ncc(C(=N)c2cc(O[C@H](N)c3c(Cl)cnc(F)c3Cl)ccc2N)cc1C#N. The molecule has 182 valence electrons. The first-order valence-electron chi connectivity index (χ1n) is 10.1. The Bertz CT molecular complexity index is 1320. The topological polar surface area (TPSA) is 164 Å². The van der Waals surface area contributed by atoms with Gasteiger partial charge in [-0.25, -0.2) is 9.97 Å². The zero-order valence-electron chi connectivity index (χ0n) is 18.6. The molecule has 0 saturated carbocycles. The van der Waals surface area contributed by atoms with E-state index in [4.69, 9.17) is 49.6 Å². The molecule has 1 atom stereocenters. The number of nitrogen functional groups attached to an aromatic ring is 1. The maximum Gasteiger partial charge on any atom is 0.232 e. The summed E-state index contributed by atoms with van der Waals surface area (Å²) in [5, 5.41) is 27.6.